The number of halogens is 2. The number of morpholine rings is 1. The summed E-state index contributed by atoms with van der Waals surface area (Å²) in [5.74, 6) is 0.669. The largest absolute Gasteiger partial charge is 0.366 e. The Balaban J connectivity index is 0.00000156. The van der Waals surface area contributed by atoms with Gasteiger partial charge in [0.15, 0.2) is 0 Å². The molecule has 5 nitrogen and oxygen atoms in total. The quantitative estimate of drug-likeness (QED) is 0.833. The van der Waals surface area contributed by atoms with E-state index >= 15 is 0 Å². The molecule has 0 aliphatic carbocycles. The van der Waals surface area contributed by atoms with Crippen LogP contribution in [0.5, 0.6) is 0 Å². The van der Waals surface area contributed by atoms with Gasteiger partial charge in [-0.1, -0.05) is 30.3 Å². The molecule has 2 heterocycles. The highest BCUT2D eigenvalue weighted by atomic mass is 35.5. The van der Waals surface area contributed by atoms with E-state index < -0.39 is 0 Å². The highest BCUT2D eigenvalue weighted by Gasteiger charge is 2.29. The van der Waals surface area contributed by atoms with Crippen molar-refractivity contribution in [3.05, 3.63) is 35.9 Å². The van der Waals surface area contributed by atoms with E-state index in [4.69, 9.17) is 4.74 Å². The summed E-state index contributed by atoms with van der Waals surface area (Å²) < 4.78 is 5.56. The van der Waals surface area contributed by atoms with Gasteiger partial charge < -0.3 is 15.0 Å². The number of nitrogens with zero attached hydrogens (tertiary/aromatic N) is 2. The standard InChI is InChI=1S/C18H27N3O2.2ClH/c1-20(18(22)17-11-19-8-10-23-17)12-16-7-9-21(14-16)13-15-5-3-2-4-6-15;;/h2-6,16-17,19H,7-14H2,1H3;2*1H. The molecular weight excluding hydrogens is 361 g/mol. The molecule has 0 spiro atoms. The van der Waals surface area contributed by atoms with Crippen LogP contribution in [0.25, 0.3) is 0 Å². The first-order valence-electron chi connectivity index (χ1n) is 8.56. The molecular formula is C18H29Cl2N3O2. The maximum absolute atomic E-state index is 12.4. The second-order valence-electron chi connectivity index (χ2n) is 6.66. The molecule has 142 valence electrons. The maximum Gasteiger partial charge on any atom is 0.252 e. The minimum absolute atomic E-state index is 0. The second kappa shape index (κ2) is 11.0. The van der Waals surface area contributed by atoms with Gasteiger partial charge in [0.1, 0.15) is 6.10 Å². The van der Waals surface area contributed by atoms with Gasteiger partial charge in [0.05, 0.1) is 6.61 Å². The van der Waals surface area contributed by atoms with Crippen LogP contribution in [0.4, 0.5) is 0 Å². The summed E-state index contributed by atoms with van der Waals surface area (Å²) in [4.78, 5) is 16.7. The van der Waals surface area contributed by atoms with E-state index in [0.29, 0.717) is 19.1 Å². The van der Waals surface area contributed by atoms with Crippen molar-refractivity contribution in [2.45, 2.75) is 19.1 Å². The van der Waals surface area contributed by atoms with Crippen molar-refractivity contribution in [2.24, 2.45) is 5.92 Å². The van der Waals surface area contributed by atoms with Crippen LogP contribution in [0.2, 0.25) is 0 Å². The van der Waals surface area contributed by atoms with E-state index in [-0.39, 0.29) is 36.8 Å². The van der Waals surface area contributed by atoms with Crippen LogP contribution in [0.3, 0.4) is 0 Å². The lowest BCUT2D eigenvalue weighted by molar-refractivity contribution is -0.144. The minimum atomic E-state index is -0.310. The number of amides is 1. The molecule has 0 saturated carbocycles. The fourth-order valence-corrected chi connectivity index (χ4v) is 3.49. The lowest BCUT2D eigenvalue weighted by atomic mass is 10.1. The van der Waals surface area contributed by atoms with Gasteiger partial charge in [-0.25, -0.2) is 0 Å². The molecule has 1 N–H and O–H groups in total. The van der Waals surface area contributed by atoms with Gasteiger partial charge in [-0.3, -0.25) is 9.69 Å². The van der Waals surface area contributed by atoms with Gasteiger partial charge in [0.2, 0.25) is 0 Å². The number of carbonyl (C=O) groups excluding carboxylic acids is 1. The average molecular weight is 390 g/mol. The van der Waals surface area contributed by atoms with E-state index in [1.165, 1.54) is 5.56 Å². The maximum atomic E-state index is 12.4. The lowest BCUT2D eigenvalue weighted by Crippen LogP contribution is -2.49. The smallest absolute Gasteiger partial charge is 0.252 e. The van der Waals surface area contributed by atoms with Crippen molar-refractivity contribution in [2.75, 3.05) is 46.4 Å². The average Bonchev–Trinajstić information content (AvgIpc) is 3.02. The predicted molar refractivity (Wildman–Crippen MR) is 105 cm³/mol. The Morgan fingerprint density at radius 3 is 2.76 bits per heavy atom. The molecule has 2 fully saturated rings. The molecule has 2 unspecified atom stereocenters. The van der Waals surface area contributed by atoms with Gasteiger partial charge >= 0.3 is 0 Å². The topological polar surface area (TPSA) is 44.8 Å². The van der Waals surface area contributed by atoms with E-state index in [1.54, 1.807) is 0 Å². The summed E-state index contributed by atoms with van der Waals surface area (Å²) >= 11 is 0. The van der Waals surface area contributed by atoms with Crippen LogP contribution < -0.4 is 5.32 Å². The van der Waals surface area contributed by atoms with E-state index in [0.717, 1.165) is 39.1 Å². The van der Waals surface area contributed by atoms with Crippen LogP contribution in [0, 0.1) is 5.92 Å². The molecule has 0 bridgehead atoms. The van der Waals surface area contributed by atoms with Gasteiger partial charge in [-0.15, -0.1) is 24.8 Å². The second-order valence-corrected chi connectivity index (χ2v) is 6.66. The molecule has 0 aromatic heterocycles. The van der Waals surface area contributed by atoms with Crippen LogP contribution in [0.15, 0.2) is 30.3 Å². The molecule has 2 saturated heterocycles. The molecule has 3 rings (SSSR count). The number of ether oxygens (including phenoxy) is 1. The van der Waals surface area contributed by atoms with Gasteiger partial charge in [0, 0.05) is 39.8 Å². The van der Waals surface area contributed by atoms with Gasteiger partial charge in [-0.2, -0.15) is 0 Å². The van der Waals surface area contributed by atoms with E-state index in [1.807, 2.05) is 11.9 Å². The number of likely N-dealkylation sites (tertiary alicyclic amines) is 1. The summed E-state index contributed by atoms with van der Waals surface area (Å²) in [6.45, 7) is 6.10. The minimum Gasteiger partial charge on any atom is -0.366 e. The first-order chi connectivity index (χ1) is 11.2. The zero-order valence-corrected chi connectivity index (χ0v) is 16.4. The number of likely N-dealkylation sites (N-methyl/N-ethyl adjacent to an activating group) is 1. The lowest BCUT2D eigenvalue weighted by Gasteiger charge is -2.28. The Kier molecular flexibility index (Phi) is 9.75. The molecule has 1 aromatic rings. The molecule has 1 amide bonds. The SMILES string of the molecule is CN(CC1CCN(Cc2ccccc2)C1)C(=O)C1CNCCO1.Cl.Cl. The third kappa shape index (κ3) is 6.42. The fraction of sp³-hybridized carbons (Fsp3) is 0.611. The van der Waals surface area contributed by atoms with Crippen molar-refractivity contribution in [3.8, 4) is 0 Å². The summed E-state index contributed by atoms with van der Waals surface area (Å²) in [6.07, 6.45) is 0.851. The third-order valence-corrected chi connectivity index (χ3v) is 4.73. The number of hydrogen-bond acceptors (Lipinski definition) is 4. The highest BCUT2D eigenvalue weighted by Crippen LogP contribution is 2.20. The number of rotatable bonds is 5. The Bertz CT molecular complexity index is 512. The predicted octanol–water partition coefficient (Wildman–Crippen LogP) is 1.80. The zero-order chi connectivity index (χ0) is 16.1. The van der Waals surface area contributed by atoms with Crippen molar-refractivity contribution in [1.29, 1.82) is 0 Å². The first kappa shape index (κ1) is 22.2. The Hall–Kier alpha value is -0.850. The van der Waals surface area contributed by atoms with Crippen LogP contribution >= 0.6 is 24.8 Å². The third-order valence-electron chi connectivity index (χ3n) is 4.73. The van der Waals surface area contributed by atoms with Crippen molar-refractivity contribution < 1.29 is 9.53 Å². The van der Waals surface area contributed by atoms with Crippen LogP contribution in [-0.2, 0) is 16.1 Å². The highest BCUT2D eigenvalue weighted by molar-refractivity contribution is 5.85. The van der Waals surface area contributed by atoms with Crippen molar-refractivity contribution in [1.82, 2.24) is 15.1 Å². The number of benzene rings is 1. The molecule has 1 aromatic carbocycles. The van der Waals surface area contributed by atoms with E-state index in [2.05, 4.69) is 40.5 Å². The summed E-state index contributed by atoms with van der Waals surface area (Å²) in [7, 11) is 1.90. The summed E-state index contributed by atoms with van der Waals surface area (Å²) in [5, 5.41) is 3.22. The monoisotopic (exact) mass is 389 g/mol. The number of carbonyl (C=O) groups is 1. The normalized spacial score (nSPS) is 23.4. The molecule has 2 atom stereocenters. The summed E-state index contributed by atoms with van der Waals surface area (Å²) in [6, 6.07) is 10.6. The molecule has 25 heavy (non-hydrogen) atoms. The molecule has 2 aliphatic rings. The molecule has 0 radical (unpaired) electrons. The molecule has 7 heteroatoms. The Morgan fingerprint density at radius 2 is 2.08 bits per heavy atom. The van der Waals surface area contributed by atoms with Gasteiger partial charge in [-0.05, 0) is 24.4 Å². The molecule has 2 aliphatic heterocycles. The van der Waals surface area contributed by atoms with Crippen LogP contribution in [-0.4, -0.2) is 68.2 Å². The fourth-order valence-electron chi connectivity index (χ4n) is 3.49. The first-order valence-corrected chi connectivity index (χ1v) is 8.56. The number of hydrogen-bond donors (Lipinski definition) is 1. The summed E-state index contributed by atoms with van der Waals surface area (Å²) in [5.41, 5.74) is 1.36. The van der Waals surface area contributed by atoms with Gasteiger partial charge in [0.25, 0.3) is 5.91 Å². The number of nitrogens with one attached hydrogen (secondary N) is 1. The van der Waals surface area contributed by atoms with Crippen molar-refractivity contribution in [3.63, 3.8) is 0 Å². The van der Waals surface area contributed by atoms with E-state index in [9.17, 15) is 4.79 Å². The van der Waals surface area contributed by atoms with Crippen molar-refractivity contribution >= 4 is 30.7 Å². The van der Waals surface area contributed by atoms with Crippen LogP contribution in [0.1, 0.15) is 12.0 Å². The Labute approximate surface area is 162 Å². The Morgan fingerprint density at radius 1 is 1.32 bits per heavy atom. The zero-order valence-electron chi connectivity index (χ0n) is 14.7.